The number of carbonyl (C=O) groups excluding carboxylic acids is 1. The Kier molecular flexibility index (Phi) is 6.76. The fraction of sp³-hybridized carbons (Fsp3) is 0.947. The summed E-state index contributed by atoms with van der Waals surface area (Å²) in [5, 5.41) is 6.68. The molecule has 0 aromatic carbocycles. The van der Waals surface area contributed by atoms with Crippen molar-refractivity contribution < 1.29 is 4.79 Å². The predicted molar refractivity (Wildman–Crippen MR) is 94.4 cm³/mol. The normalized spacial score (nSPS) is 25.7. The summed E-state index contributed by atoms with van der Waals surface area (Å²) in [6, 6.07) is 0.426. The van der Waals surface area contributed by atoms with Gasteiger partial charge in [-0.1, -0.05) is 12.8 Å². The van der Waals surface area contributed by atoms with Gasteiger partial charge in [-0.3, -0.25) is 4.79 Å². The molecule has 2 aliphatic heterocycles. The van der Waals surface area contributed by atoms with Crippen LogP contribution in [0.5, 0.6) is 0 Å². The Balaban J connectivity index is 1.28. The first kappa shape index (κ1) is 17.2. The van der Waals surface area contributed by atoms with Crippen LogP contribution >= 0.6 is 0 Å². The maximum atomic E-state index is 12.2. The Bertz CT molecular complexity index is 354. The van der Waals surface area contributed by atoms with Crippen LogP contribution < -0.4 is 10.6 Å². The molecule has 0 aromatic heterocycles. The van der Waals surface area contributed by atoms with Gasteiger partial charge >= 0.3 is 0 Å². The van der Waals surface area contributed by atoms with E-state index in [1.165, 1.54) is 58.2 Å². The summed E-state index contributed by atoms with van der Waals surface area (Å²) < 4.78 is 0. The minimum atomic E-state index is 0.290. The molecule has 0 bridgehead atoms. The molecule has 0 aromatic rings. The van der Waals surface area contributed by atoms with Crippen LogP contribution in [0.4, 0.5) is 0 Å². The van der Waals surface area contributed by atoms with Gasteiger partial charge in [0, 0.05) is 32.1 Å². The lowest BCUT2D eigenvalue weighted by Crippen LogP contribution is -2.45. The predicted octanol–water partition coefficient (Wildman–Crippen LogP) is 2.54. The van der Waals surface area contributed by atoms with E-state index in [0.29, 0.717) is 6.04 Å². The van der Waals surface area contributed by atoms with Crippen molar-refractivity contribution in [3.05, 3.63) is 0 Å². The molecular weight excluding hydrogens is 286 g/mol. The summed E-state index contributed by atoms with van der Waals surface area (Å²) in [5.41, 5.74) is 0. The van der Waals surface area contributed by atoms with E-state index in [1.807, 2.05) is 0 Å². The molecule has 4 nitrogen and oxygen atoms in total. The summed E-state index contributed by atoms with van der Waals surface area (Å²) in [4.78, 5) is 14.8. The second kappa shape index (κ2) is 9.03. The van der Waals surface area contributed by atoms with Gasteiger partial charge in [0.1, 0.15) is 0 Å². The van der Waals surface area contributed by atoms with Crippen molar-refractivity contribution in [1.82, 2.24) is 15.5 Å². The van der Waals surface area contributed by atoms with E-state index in [9.17, 15) is 4.79 Å². The molecule has 2 N–H and O–H groups in total. The zero-order valence-electron chi connectivity index (χ0n) is 14.7. The first-order chi connectivity index (χ1) is 11.3. The molecular formula is C19H35N3O. The van der Waals surface area contributed by atoms with Gasteiger partial charge in [0.2, 0.25) is 5.91 Å². The molecule has 1 saturated carbocycles. The average molecular weight is 322 g/mol. The molecule has 132 valence electrons. The van der Waals surface area contributed by atoms with Crippen LogP contribution in [-0.2, 0) is 4.79 Å². The highest BCUT2D eigenvalue weighted by Gasteiger charge is 2.24. The molecule has 3 rings (SSSR count). The van der Waals surface area contributed by atoms with Crippen LogP contribution in [0.1, 0.15) is 64.2 Å². The van der Waals surface area contributed by atoms with Crippen molar-refractivity contribution in [3.63, 3.8) is 0 Å². The molecule has 0 unspecified atom stereocenters. The van der Waals surface area contributed by atoms with E-state index in [0.717, 1.165) is 50.6 Å². The Labute approximate surface area is 141 Å². The van der Waals surface area contributed by atoms with Crippen molar-refractivity contribution in [3.8, 4) is 0 Å². The van der Waals surface area contributed by atoms with Gasteiger partial charge in [-0.25, -0.2) is 0 Å². The van der Waals surface area contributed by atoms with E-state index < -0.39 is 0 Å². The van der Waals surface area contributed by atoms with Crippen molar-refractivity contribution >= 4 is 5.91 Å². The standard InChI is InChI=1S/C19H35N3O/c23-19(6-5-16-7-11-20-12-8-16)21-18-9-13-22(14-10-18)15-17-3-1-2-4-17/h16-18,20H,1-15H2,(H,21,23). The number of nitrogens with zero attached hydrogens (tertiary/aromatic N) is 1. The number of likely N-dealkylation sites (tertiary alicyclic amines) is 1. The Morgan fingerprint density at radius 2 is 1.65 bits per heavy atom. The lowest BCUT2D eigenvalue weighted by Gasteiger charge is -2.34. The fourth-order valence-electron chi connectivity index (χ4n) is 4.62. The van der Waals surface area contributed by atoms with E-state index in [4.69, 9.17) is 0 Å². The Morgan fingerprint density at radius 1 is 0.957 bits per heavy atom. The first-order valence-corrected chi connectivity index (χ1v) is 10.0. The van der Waals surface area contributed by atoms with Gasteiger partial charge < -0.3 is 15.5 Å². The van der Waals surface area contributed by atoms with E-state index in [1.54, 1.807) is 0 Å². The quantitative estimate of drug-likeness (QED) is 0.790. The number of rotatable bonds is 6. The van der Waals surface area contributed by atoms with Crippen LogP contribution in [0.25, 0.3) is 0 Å². The second-order valence-electron chi connectivity index (χ2n) is 8.02. The molecule has 0 radical (unpaired) electrons. The van der Waals surface area contributed by atoms with Gasteiger partial charge in [0.25, 0.3) is 0 Å². The zero-order valence-corrected chi connectivity index (χ0v) is 14.7. The lowest BCUT2D eigenvalue weighted by atomic mass is 9.93. The first-order valence-electron chi connectivity index (χ1n) is 10.0. The Morgan fingerprint density at radius 3 is 2.35 bits per heavy atom. The number of hydrogen-bond acceptors (Lipinski definition) is 3. The number of hydrogen-bond donors (Lipinski definition) is 2. The third kappa shape index (κ3) is 5.75. The second-order valence-corrected chi connectivity index (χ2v) is 8.02. The summed E-state index contributed by atoms with van der Waals surface area (Å²) in [7, 11) is 0. The van der Waals surface area contributed by atoms with Gasteiger partial charge in [-0.05, 0) is 69.9 Å². The van der Waals surface area contributed by atoms with Gasteiger partial charge in [0.15, 0.2) is 0 Å². The van der Waals surface area contributed by atoms with Crippen molar-refractivity contribution in [2.45, 2.75) is 70.3 Å². The molecule has 2 heterocycles. The summed E-state index contributed by atoms with van der Waals surface area (Å²) in [5.74, 6) is 2.00. The highest BCUT2D eigenvalue weighted by atomic mass is 16.1. The van der Waals surface area contributed by atoms with Gasteiger partial charge in [-0.15, -0.1) is 0 Å². The Hall–Kier alpha value is -0.610. The van der Waals surface area contributed by atoms with Crippen molar-refractivity contribution in [1.29, 1.82) is 0 Å². The smallest absolute Gasteiger partial charge is 0.220 e. The van der Waals surface area contributed by atoms with Crippen LogP contribution in [0.3, 0.4) is 0 Å². The molecule has 3 aliphatic rings. The van der Waals surface area contributed by atoms with Gasteiger partial charge in [0.05, 0.1) is 0 Å². The molecule has 23 heavy (non-hydrogen) atoms. The molecule has 2 saturated heterocycles. The molecule has 0 spiro atoms. The number of nitrogens with one attached hydrogen (secondary N) is 2. The van der Waals surface area contributed by atoms with E-state index >= 15 is 0 Å². The molecule has 3 fully saturated rings. The number of amides is 1. The van der Waals surface area contributed by atoms with Crippen molar-refractivity contribution in [2.75, 3.05) is 32.7 Å². The summed E-state index contributed by atoms with van der Waals surface area (Å²) in [6.07, 6.45) is 12.3. The fourth-order valence-corrected chi connectivity index (χ4v) is 4.62. The minimum absolute atomic E-state index is 0.290. The third-order valence-electron chi connectivity index (χ3n) is 6.18. The average Bonchev–Trinajstić information content (AvgIpc) is 3.09. The molecule has 0 atom stereocenters. The zero-order chi connectivity index (χ0) is 15.9. The molecule has 1 amide bonds. The van der Waals surface area contributed by atoms with Crippen LogP contribution in [0.2, 0.25) is 0 Å². The molecule has 1 aliphatic carbocycles. The number of carbonyl (C=O) groups is 1. The number of piperidine rings is 2. The van der Waals surface area contributed by atoms with E-state index in [-0.39, 0.29) is 5.91 Å². The van der Waals surface area contributed by atoms with Crippen molar-refractivity contribution in [2.24, 2.45) is 11.8 Å². The highest BCUT2D eigenvalue weighted by Crippen LogP contribution is 2.26. The highest BCUT2D eigenvalue weighted by molar-refractivity contribution is 5.76. The lowest BCUT2D eigenvalue weighted by molar-refractivity contribution is -0.122. The molecule has 4 heteroatoms. The van der Waals surface area contributed by atoms with E-state index in [2.05, 4.69) is 15.5 Å². The maximum absolute atomic E-state index is 12.2. The van der Waals surface area contributed by atoms with Gasteiger partial charge in [-0.2, -0.15) is 0 Å². The van der Waals surface area contributed by atoms with Crippen LogP contribution in [0, 0.1) is 11.8 Å². The summed E-state index contributed by atoms with van der Waals surface area (Å²) in [6.45, 7) is 5.92. The SMILES string of the molecule is O=C(CCC1CCNCC1)NC1CCN(CC2CCCC2)CC1. The monoisotopic (exact) mass is 321 g/mol. The minimum Gasteiger partial charge on any atom is -0.353 e. The summed E-state index contributed by atoms with van der Waals surface area (Å²) >= 11 is 0. The van der Waals surface area contributed by atoms with Crippen LogP contribution in [-0.4, -0.2) is 49.6 Å². The third-order valence-corrected chi connectivity index (χ3v) is 6.18. The topological polar surface area (TPSA) is 44.4 Å². The largest absolute Gasteiger partial charge is 0.353 e. The van der Waals surface area contributed by atoms with Crippen LogP contribution in [0.15, 0.2) is 0 Å². The maximum Gasteiger partial charge on any atom is 0.220 e.